The number of ether oxygens (including phenoxy) is 1. The molecule has 2 aromatic heterocycles. The molecule has 1 saturated heterocycles. The van der Waals surface area contributed by atoms with Crippen molar-refractivity contribution in [3.05, 3.63) is 90.8 Å². The second-order valence-electron chi connectivity index (χ2n) is 10.1. The van der Waals surface area contributed by atoms with Crippen molar-refractivity contribution in [3.63, 3.8) is 0 Å². The second kappa shape index (κ2) is 10.4. The van der Waals surface area contributed by atoms with Gasteiger partial charge in [-0.2, -0.15) is 0 Å². The molecule has 0 unspecified atom stereocenters. The van der Waals surface area contributed by atoms with Gasteiger partial charge in [0.1, 0.15) is 6.33 Å². The van der Waals surface area contributed by atoms with Gasteiger partial charge in [-0.25, -0.2) is 15.0 Å². The quantitative estimate of drug-likeness (QED) is 0.307. The highest BCUT2D eigenvalue weighted by Crippen LogP contribution is 2.29. The van der Waals surface area contributed by atoms with Crippen molar-refractivity contribution in [2.24, 2.45) is 0 Å². The highest BCUT2D eigenvalue weighted by Gasteiger charge is 2.24. The molecule has 0 bridgehead atoms. The molecule has 40 heavy (non-hydrogen) atoms. The van der Waals surface area contributed by atoms with E-state index in [1.165, 1.54) is 5.69 Å². The molecular formula is C31H29N7O2. The van der Waals surface area contributed by atoms with Gasteiger partial charge in [-0.3, -0.25) is 9.36 Å². The Hall–Kier alpha value is -4.76. The monoisotopic (exact) mass is 531 g/mol. The van der Waals surface area contributed by atoms with Crippen LogP contribution in [0.25, 0.3) is 28.2 Å². The number of amides is 1. The van der Waals surface area contributed by atoms with Crippen LogP contribution < -0.4 is 15.5 Å². The number of morpholine rings is 1. The van der Waals surface area contributed by atoms with Crippen LogP contribution in [0.4, 0.5) is 17.2 Å². The SMILES string of the molecule is O=C(NC1CC1)c1ccc(-c2nc(Nc3ccc(N4CCOCC4)cc3)c3ncn(-c4ccccc4)c3n2)cc1. The molecule has 1 aliphatic heterocycles. The molecule has 2 aliphatic rings. The fourth-order valence-corrected chi connectivity index (χ4v) is 4.87. The molecule has 0 atom stereocenters. The number of benzene rings is 3. The molecule has 2 N–H and O–H groups in total. The zero-order chi connectivity index (χ0) is 26.9. The van der Waals surface area contributed by atoms with Gasteiger partial charge in [0.15, 0.2) is 22.8 Å². The first-order valence-electron chi connectivity index (χ1n) is 13.6. The maximum Gasteiger partial charge on any atom is 0.251 e. The smallest absolute Gasteiger partial charge is 0.251 e. The molecule has 3 heterocycles. The Morgan fingerprint density at radius 3 is 2.33 bits per heavy atom. The Balaban J connectivity index is 1.24. The lowest BCUT2D eigenvalue weighted by molar-refractivity contribution is 0.0951. The van der Waals surface area contributed by atoms with Crippen LogP contribution in [-0.2, 0) is 4.74 Å². The van der Waals surface area contributed by atoms with E-state index in [4.69, 9.17) is 14.7 Å². The van der Waals surface area contributed by atoms with Gasteiger partial charge in [-0.15, -0.1) is 0 Å². The number of aromatic nitrogens is 4. The minimum Gasteiger partial charge on any atom is -0.378 e. The van der Waals surface area contributed by atoms with E-state index in [0.29, 0.717) is 34.4 Å². The fraction of sp³-hybridized carbons (Fsp3) is 0.226. The number of carbonyl (C=O) groups is 1. The van der Waals surface area contributed by atoms with Gasteiger partial charge in [0.05, 0.1) is 13.2 Å². The first-order valence-corrected chi connectivity index (χ1v) is 13.6. The lowest BCUT2D eigenvalue weighted by atomic mass is 10.1. The molecule has 3 aromatic carbocycles. The Labute approximate surface area is 231 Å². The molecule has 0 radical (unpaired) electrons. The molecular weight excluding hydrogens is 502 g/mol. The maximum atomic E-state index is 12.5. The highest BCUT2D eigenvalue weighted by molar-refractivity contribution is 5.95. The molecule has 1 saturated carbocycles. The van der Waals surface area contributed by atoms with Gasteiger partial charge < -0.3 is 20.3 Å². The zero-order valence-electron chi connectivity index (χ0n) is 22.0. The average molecular weight is 532 g/mol. The summed E-state index contributed by atoms with van der Waals surface area (Å²) in [5.74, 6) is 1.12. The molecule has 200 valence electrons. The number of anilines is 3. The molecule has 9 nitrogen and oxygen atoms in total. The molecule has 9 heteroatoms. The Morgan fingerprint density at radius 1 is 0.850 bits per heavy atom. The van der Waals surface area contributed by atoms with E-state index >= 15 is 0 Å². The summed E-state index contributed by atoms with van der Waals surface area (Å²) >= 11 is 0. The van der Waals surface area contributed by atoms with E-state index in [1.54, 1.807) is 6.33 Å². The van der Waals surface area contributed by atoms with Gasteiger partial charge in [0, 0.05) is 47.3 Å². The third-order valence-electron chi connectivity index (χ3n) is 7.25. The minimum atomic E-state index is -0.0459. The fourth-order valence-electron chi connectivity index (χ4n) is 4.87. The van der Waals surface area contributed by atoms with Crippen molar-refractivity contribution in [1.82, 2.24) is 24.8 Å². The molecule has 0 spiro atoms. The van der Waals surface area contributed by atoms with Crippen molar-refractivity contribution >= 4 is 34.3 Å². The van der Waals surface area contributed by atoms with Crippen LogP contribution in [0, 0.1) is 0 Å². The van der Waals surface area contributed by atoms with E-state index < -0.39 is 0 Å². The Bertz CT molecular complexity index is 1640. The number of hydrogen-bond donors (Lipinski definition) is 2. The Kier molecular flexibility index (Phi) is 6.33. The summed E-state index contributed by atoms with van der Waals surface area (Å²) in [7, 11) is 0. The highest BCUT2D eigenvalue weighted by atomic mass is 16.5. The predicted octanol–water partition coefficient (Wildman–Crippen LogP) is 4.95. The van der Waals surface area contributed by atoms with Crippen LogP contribution in [0.3, 0.4) is 0 Å². The van der Waals surface area contributed by atoms with E-state index in [-0.39, 0.29) is 5.91 Å². The summed E-state index contributed by atoms with van der Waals surface area (Å²) in [4.78, 5) is 29.3. The standard InChI is InChI=1S/C31H29N7O2/c39-31(34-24-10-11-24)22-8-6-21(7-9-22)28-35-29(27-30(36-28)38(20-32-27)26-4-2-1-3-5-26)33-23-12-14-25(15-13-23)37-16-18-40-19-17-37/h1-9,12-15,20,24H,10-11,16-19H2,(H,34,39)(H,33,35,36). The number of fused-ring (bicyclic) bond motifs is 1. The minimum absolute atomic E-state index is 0.0459. The van der Waals surface area contributed by atoms with Gasteiger partial charge in [0.2, 0.25) is 0 Å². The summed E-state index contributed by atoms with van der Waals surface area (Å²) in [5.41, 5.74) is 5.85. The topological polar surface area (TPSA) is 97.2 Å². The van der Waals surface area contributed by atoms with E-state index in [1.807, 2.05) is 59.2 Å². The van der Waals surface area contributed by atoms with Crippen molar-refractivity contribution in [3.8, 4) is 17.1 Å². The van der Waals surface area contributed by atoms with Gasteiger partial charge >= 0.3 is 0 Å². The average Bonchev–Trinajstić information content (AvgIpc) is 3.73. The zero-order valence-corrected chi connectivity index (χ0v) is 22.0. The molecule has 5 aromatic rings. The van der Waals surface area contributed by atoms with E-state index in [9.17, 15) is 4.79 Å². The van der Waals surface area contributed by atoms with E-state index in [0.717, 1.165) is 56.1 Å². The third-order valence-corrected chi connectivity index (χ3v) is 7.25. The van der Waals surface area contributed by atoms with Crippen molar-refractivity contribution in [2.45, 2.75) is 18.9 Å². The number of hydrogen-bond acceptors (Lipinski definition) is 7. The molecule has 1 amide bonds. The first-order chi connectivity index (χ1) is 19.7. The number of nitrogens with zero attached hydrogens (tertiary/aromatic N) is 5. The lowest BCUT2D eigenvalue weighted by Crippen LogP contribution is -2.36. The van der Waals surface area contributed by atoms with Crippen LogP contribution in [-0.4, -0.2) is 57.8 Å². The van der Waals surface area contributed by atoms with Crippen LogP contribution in [0.15, 0.2) is 85.2 Å². The van der Waals surface area contributed by atoms with Crippen LogP contribution in [0.1, 0.15) is 23.2 Å². The number of imidazole rings is 1. The van der Waals surface area contributed by atoms with Crippen molar-refractivity contribution < 1.29 is 9.53 Å². The largest absolute Gasteiger partial charge is 0.378 e. The van der Waals surface area contributed by atoms with Crippen LogP contribution >= 0.6 is 0 Å². The van der Waals surface area contributed by atoms with Crippen molar-refractivity contribution in [1.29, 1.82) is 0 Å². The molecule has 7 rings (SSSR count). The van der Waals surface area contributed by atoms with Gasteiger partial charge in [-0.05, 0) is 61.4 Å². The lowest BCUT2D eigenvalue weighted by Gasteiger charge is -2.28. The van der Waals surface area contributed by atoms with E-state index in [2.05, 4.69) is 44.8 Å². The third kappa shape index (κ3) is 4.99. The summed E-state index contributed by atoms with van der Waals surface area (Å²) < 4.78 is 7.45. The molecule has 2 fully saturated rings. The summed E-state index contributed by atoms with van der Waals surface area (Å²) in [6, 6.07) is 26.1. The van der Waals surface area contributed by atoms with Crippen LogP contribution in [0.5, 0.6) is 0 Å². The van der Waals surface area contributed by atoms with Gasteiger partial charge in [0.25, 0.3) is 5.91 Å². The summed E-state index contributed by atoms with van der Waals surface area (Å²) in [5, 5.41) is 6.51. The van der Waals surface area contributed by atoms with Gasteiger partial charge in [-0.1, -0.05) is 30.3 Å². The first kappa shape index (κ1) is 24.3. The summed E-state index contributed by atoms with van der Waals surface area (Å²) in [6.07, 6.45) is 3.88. The summed E-state index contributed by atoms with van der Waals surface area (Å²) in [6.45, 7) is 3.27. The Morgan fingerprint density at radius 2 is 1.60 bits per heavy atom. The van der Waals surface area contributed by atoms with Crippen LogP contribution in [0.2, 0.25) is 0 Å². The number of nitrogens with one attached hydrogen (secondary N) is 2. The maximum absolute atomic E-state index is 12.5. The second-order valence-corrected chi connectivity index (χ2v) is 10.1. The number of carbonyl (C=O) groups excluding carboxylic acids is 1. The molecule has 1 aliphatic carbocycles. The van der Waals surface area contributed by atoms with Crippen molar-refractivity contribution in [2.75, 3.05) is 36.5 Å². The predicted molar refractivity (Wildman–Crippen MR) is 155 cm³/mol. The number of para-hydroxylation sites is 1. The normalized spacial score (nSPS) is 15.2. The number of rotatable bonds is 7.